The predicted molar refractivity (Wildman–Crippen MR) is 110 cm³/mol. The first-order valence-electron chi connectivity index (χ1n) is 8.64. The van der Waals surface area contributed by atoms with Crippen LogP contribution in [0.3, 0.4) is 0 Å². The average Bonchev–Trinajstić information content (AvgIpc) is 3.00. The van der Waals surface area contributed by atoms with Crippen molar-refractivity contribution in [3.05, 3.63) is 86.5 Å². The van der Waals surface area contributed by atoms with Crippen LogP contribution < -0.4 is 10.4 Å². The molecule has 0 saturated heterocycles. The predicted octanol–water partition coefficient (Wildman–Crippen LogP) is 3.74. The van der Waals surface area contributed by atoms with Crippen LogP contribution in [0.5, 0.6) is 5.75 Å². The standard InChI is InChI=1S/C19H18BrF2N2O5P/c1-29-15-4-2-3-13(9-15)11-23-7-8-24(18(23)25)12-14-5-6-16(17(20)10-14)19(21,22)30(26,27)28/h2-10H,11-12H2,1H3,(H2,26,27,28). The van der Waals surface area contributed by atoms with Crippen molar-refractivity contribution in [2.24, 2.45) is 0 Å². The lowest BCUT2D eigenvalue weighted by Gasteiger charge is -2.19. The SMILES string of the molecule is COc1cccc(Cn2ccn(Cc3ccc(C(F)(F)P(=O)(O)O)c(Br)c3)c2=O)c1. The molecule has 0 aliphatic carbocycles. The number of methoxy groups -OCH3 is 1. The van der Waals surface area contributed by atoms with E-state index in [1.165, 1.54) is 21.3 Å². The van der Waals surface area contributed by atoms with E-state index in [1.54, 1.807) is 25.6 Å². The number of halogens is 3. The summed E-state index contributed by atoms with van der Waals surface area (Å²) in [7, 11) is -4.12. The van der Waals surface area contributed by atoms with Gasteiger partial charge in [0, 0.05) is 22.4 Å². The van der Waals surface area contributed by atoms with E-state index in [0.717, 1.165) is 11.6 Å². The van der Waals surface area contributed by atoms with Gasteiger partial charge in [0.05, 0.1) is 20.2 Å². The highest BCUT2D eigenvalue weighted by Gasteiger charge is 2.51. The molecule has 11 heteroatoms. The minimum atomic E-state index is -5.67. The highest BCUT2D eigenvalue weighted by atomic mass is 79.9. The van der Waals surface area contributed by atoms with Gasteiger partial charge in [-0.3, -0.25) is 13.7 Å². The van der Waals surface area contributed by atoms with Crippen molar-refractivity contribution in [3.8, 4) is 5.75 Å². The molecule has 2 aromatic carbocycles. The van der Waals surface area contributed by atoms with Crippen molar-refractivity contribution in [1.82, 2.24) is 9.13 Å². The van der Waals surface area contributed by atoms with Crippen LogP contribution in [0.25, 0.3) is 0 Å². The summed E-state index contributed by atoms with van der Waals surface area (Å²) in [6.45, 7) is 0.435. The van der Waals surface area contributed by atoms with Crippen LogP contribution in [-0.2, 0) is 23.3 Å². The number of ether oxygens (including phenoxy) is 1. The van der Waals surface area contributed by atoms with Gasteiger partial charge < -0.3 is 14.5 Å². The molecule has 1 heterocycles. The van der Waals surface area contributed by atoms with Gasteiger partial charge in [0.15, 0.2) is 0 Å². The van der Waals surface area contributed by atoms with E-state index < -0.39 is 18.8 Å². The van der Waals surface area contributed by atoms with Gasteiger partial charge in [-0.25, -0.2) is 4.79 Å². The maximum Gasteiger partial charge on any atom is 0.399 e. The smallest absolute Gasteiger partial charge is 0.399 e. The molecule has 0 radical (unpaired) electrons. The lowest BCUT2D eigenvalue weighted by atomic mass is 10.1. The zero-order chi connectivity index (χ0) is 22.1. The Morgan fingerprint density at radius 2 is 1.67 bits per heavy atom. The molecule has 30 heavy (non-hydrogen) atoms. The van der Waals surface area contributed by atoms with Gasteiger partial charge >= 0.3 is 18.9 Å². The largest absolute Gasteiger partial charge is 0.497 e. The Balaban J connectivity index is 1.82. The Labute approximate surface area is 178 Å². The first-order valence-corrected chi connectivity index (χ1v) is 11.0. The Morgan fingerprint density at radius 1 is 1.07 bits per heavy atom. The summed E-state index contributed by atoms with van der Waals surface area (Å²) in [6, 6.07) is 10.9. The van der Waals surface area contributed by atoms with E-state index in [-0.39, 0.29) is 16.7 Å². The number of benzene rings is 2. The van der Waals surface area contributed by atoms with E-state index >= 15 is 0 Å². The third-order valence-electron chi connectivity index (χ3n) is 4.48. The van der Waals surface area contributed by atoms with Gasteiger partial charge in [0.25, 0.3) is 0 Å². The minimum absolute atomic E-state index is 0.101. The highest BCUT2D eigenvalue weighted by Crippen LogP contribution is 2.60. The fraction of sp³-hybridized carbons (Fsp3) is 0.211. The highest BCUT2D eigenvalue weighted by molar-refractivity contribution is 9.10. The minimum Gasteiger partial charge on any atom is -0.497 e. The molecule has 1 aromatic heterocycles. The van der Waals surface area contributed by atoms with E-state index in [4.69, 9.17) is 14.5 Å². The fourth-order valence-electron chi connectivity index (χ4n) is 2.92. The second kappa shape index (κ2) is 8.47. The molecule has 0 atom stereocenters. The van der Waals surface area contributed by atoms with E-state index in [0.29, 0.717) is 17.9 Å². The lowest BCUT2D eigenvalue weighted by molar-refractivity contribution is 0.0557. The summed E-state index contributed by atoms with van der Waals surface area (Å²) in [5.74, 6) is 0.678. The topological polar surface area (TPSA) is 93.7 Å². The summed E-state index contributed by atoms with van der Waals surface area (Å²) in [5.41, 5.74) is -4.04. The molecule has 0 amide bonds. The van der Waals surface area contributed by atoms with Crippen molar-refractivity contribution < 1.29 is 27.9 Å². The molecule has 0 spiro atoms. The number of aromatic nitrogens is 2. The van der Waals surface area contributed by atoms with Crippen molar-refractivity contribution in [1.29, 1.82) is 0 Å². The second-order valence-electron chi connectivity index (χ2n) is 6.59. The first-order chi connectivity index (χ1) is 14.0. The zero-order valence-corrected chi connectivity index (χ0v) is 18.2. The van der Waals surface area contributed by atoms with Crippen molar-refractivity contribution >= 4 is 23.5 Å². The number of alkyl halides is 2. The molecular weight excluding hydrogens is 485 g/mol. The number of nitrogens with zero attached hydrogens (tertiary/aromatic N) is 2. The van der Waals surface area contributed by atoms with Gasteiger partial charge in [-0.05, 0) is 29.3 Å². The Morgan fingerprint density at radius 3 is 2.20 bits per heavy atom. The molecule has 7 nitrogen and oxygen atoms in total. The lowest BCUT2D eigenvalue weighted by Crippen LogP contribution is -2.25. The maximum atomic E-state index is 14.0. The second-order valence-corrected chi connectivity index (χ2v) is 9.09. The van der Waals surface area contributed by atoms with Crippen LogP contribution in [0.1, 0.15) is 16.7 Å². The molecule has 0 unspecified atom stereocenters. The van der Waals surface area contributed by atoms with Gasteiger partial charge in [-0.1, -0.05) is 40.2 Å². The van der Waals surface area contributed by atoms with Crippen LogP contribution in [0.15, 0.2) is 64.1 Å². The molecule has 0 aliphatic heterocycles. The molecule has 0 saturated carbocycles. The zero-order valence-electron chi connectivity index (χ0n) is 15.7. The Bertz CT molecular complexity index is 1170. The summed E-state index contributed by atoms with van der Waals surface area (Å²) < 4.78 is 46.9. The molecular formula is C19H18BrF2N2O5P. The van der Waals surface area contributed by atoms with Gasteiger partial charge in [-0.2, -0.15) is 8.78 Å². The normalized spacial score (nSPS) is 12.2. The molecule has 2 N–H and O–H groups in total. The number of rotatable bonds is 7. The molecule has 0 bridgehead atoms. The Hall–Kier alpha value is -2.26. The summed E-state index contributed by atoms with van der Waals surface area (Å²) >= 11 is 2.94. The van der Waals surface area contributed by atoms with Crippen LogP contribution in [0.2, 0.25) is 0 Å². The van der Waals surface area contributed by atoms with Crippen LogP contribution >= 0.6 is 23.5 Å². The molecule has 160 valence electrons. The van der Waals surface area contributed by atoms with Crippen molar-refractivity contribution in [2.75, 3.05) is 7.11 Å². The van der Waals surface area contributed by atoms with Gasteiger partial charge in [-0.15, -0.1) is 0 Å². The van der Waals surface area contributed by atoms with Gasteiger partial charge in [0.1, 0.15) is 5.75 Å². The number of imidazole rings is 1. The van der Waals surface area contributed by atoms with Crippen LogP contribution in [0, 0.1) is 0 Å². The molecule has 0 fully saturated rings. The van der Waals surface area contributed by atoms with Crippen LogP contribution in [-0.4, -0.2) is 26.0 Å². The summed E-state index contributed by atoms with van der Waals surface area (Å²) in [5, 5.41) is 0. The van der Waals surface area contributed by atoms with E-state index in [9.17, 15) is 18.1 Å². The number of hydrogen-bond donors (Lipinski definition) is 2. The quantitative estimate of drug-likeness (QED) is 0.480. The third kappa shape index (κ3) is 4.57. The summed E-state index contributed by atoms with van der Waals surface area (Å²) in [6.07, 6.45) is 3.20. The molecule has 3 rings (SSSR count). The molecule has 3 aromatic rings. The van der Waals surface area contributed by atoms with Crippen molar-refractivity contribution in [3.63, 3.8) is 0 Å². The van der Waals surface area contributed by atoms with E-state index in [1.807, 2.05) is 18.2 Å². The number of hydrogen-bond acceptors (Lipinski definition) is 3. The van der Waals surface area contributed by atoms with Crippen molar-refractivity contribution in [2.45, 2.75) is 18.8 Å². The average molecular weight is 503 g/mol. The summed E-state index contributed by atoms with van der Waals surface area (Å²) in [4.78, 5) is 30.4. The van der Waals surface area contributed by atoms with E-state index in [2.05, 4.69) is 15.9 Å². The third-order valence-corrected chi connectivity index (χ3v) is 6.11. The molecule has 0 aliphatic rings. The van der Waals surface area contributed by atoms with Gasteiger partial charge in [0.2, 0.25) is 0 Å². The Kier molecular flexibility index (Phi) is 6.33. The van der Waals surface area contributed by atoms with Crippen LogP contribution in [0.4, 0.5) is 8.78 Å². The first kappa shape index (κ1) is 22.4. The maximum absolute atomic E-state index is 14.0. The fourth-order valence-corrected chi connectivity index (χ4v) is 4.25. The monoisotopic (exact) mass is 502 g/mol.